The minimum atomic E-state index is 0.0438. The Hall–Kier alpha value is -3.04. The van der Waals surface area contributed by atoms with Crippen LogP contribution in [0.5, 0.6) is 0 Å². The number of nitrogens with zero attached hydrogens (tertiary/aromatic N) is 2. The van der Waals surface area contributed by atoms with Gasteiger partial charge in [0.25, 0.3) is 0 Å². The van der Waals surface area contributed by atoms with Crippen LogP contribution < -0.4 is 4.57 Å². The third-order valence-corrected chi connectivity index (χ3v) is 8.18. The van der Waals surface area contributed by atoms with Crippen molar-refractivity contribution in [1.82, 2.24) is 4.98 Å². The molecule has 0 aliphatic heterocycles. The summed E-state index contributed by atoms with van der Waals surface area (Å²) < 4.78 is 3.50. The quantitative estimate of drug-likeness (QED) is 0.232. The molecule has 3 heteroatoms. The predicted molar refractivity (Wildman–Crippen MR) is 151 cm³/mol. The number of aromatic nitrogens is 2. The summed E-state index contributed by atoms with van der Waals surface area (Å²) in [5, 5.41) is 3.75. The number of hydrogen-bond acceptors (Lipinski definition) is 2. The van der Waals surface area contributed by atoms with Crippen molar-refractivity contribution in [2.45, 2.75) is 59.3 Å². The lowest BCUT2D eigenvalue weighted by molar-refractivity contribution is -0.659. The maximum absolute atomic E-state index is 5.07. The van der Waals surface area contributed by atoms with Crippen LogP contribution in [0.15, 0.2) is 66.9 Å². The summed E-state index contributed by atoms with van der Waals surface area (Å²) in [6.45, 7) is 15.9. The SMILES string of the molecule is Cc1c(-c2c3sc(-c4ccc(C(C)(C)C)cc4)nc3cc[n+]2C)cc(C(C)(C)C)c2ccccc12. The molecule has 178 valence electrons. The van der Waals surface area contributed by atoms with Crippen LogP contribution in [0.4, 0.5) is 0 Å². The van der Waals surface area contributed by atoms with Gasteiger partial charge in [-0.25, -0.2) is 4.98 Å². The molecule has 0 atom stereocenters. The third kappa shape index (κ3) is 4.16. The van der Waals surface area contributed by atoms with E-state index in [2.05, 4.69) is 127 Å². The molecule has 0 aliphatic rings. The summed E-state index contributed by atoms with van der Waals surface area (Å²) in [5.74, 6) is 0. The van der Waals surface area contributed by atoms with Gasteiger partial charge in [-0.15, -0.1) is 11.3 Å². The van der Waals surface area contributed by atoms with E-state index in [1.807, 2.05) is 0 Å². The maximum atomic E-state index is 5.07. The fourth-order valence-corrected chi connectivity index (χ4v) is 6.13. The van der Waals surface area contributed by atoms with Crippen molar-refractivity contribution >= 4 is 32.3 Å². The fraction of sp³-hybridized carbons (Fsp3) is 0.312. The summed E-state index contributed by atoms with van der Waals surface area (Å²) >= 11 is 1.79. The Morgan fingerprint density at radius 3 is 2.09 bits per heavy atom. The van der Waals surface area contributed by atoms with E-state index in [0.717, 1.165) is 10.5 Å². The average Bonchev–Trinajstić information content (AvgIpc) is 3.23. The highest BCUT2D eigenvalue weighted by Gasteiger charge is 2.26. The zero-order chi connectivity index (χ0) is 25.1. The molecular weight excluding hydrogens is 444 g/mol. The van der Waals surface area contributed by atoms with Crippen LogP contribution in [0.2, 0.25) is 0 Å². The van der Waals surface area contributed by atoms with Crippen molar-refractivity contribution in [3.8, 4) is 21.8 Å². The molecule has 0 fully saturated rings. The van der Waals surface area contributed by atoms with Gasteiger partial charge in [0.2, 0.25) is 5.69 Å². The van der Waals surface area contributed by atoms with Crippen LogP contribution in [0.1, 0.15) is 58.2 Å². The van der Waals surface area contributed by atoms with Crippen molar-refractivity contribution in [1.29, 1.82) is 0 Å². The third-order valence-electron chi connectivity index (χ3n) is 7.05. The molecule has 0 radical (unpaired) electrons. The van der Waals surface area contributed by atoms with Crippen LogP contribution in [-0.4, -0.2) is 4.98 Å². The molecule has 0 amide bonds. The molecule has 0 N–H and O–H groups in total. The van der Waals surface area contributed by atoms with Gasteiger partial charge in [0.05, 0.1) is 11.1 Å². The van der Waals surface area contributed by atoms with Gasteiger partial charge in [-0.3, -0.25) is 0 Å². The smallest absolute Gasteiger partial charge is 0.232 e. The second-order valence-corrected chi connectivity index (χ2v) is 12.7. The molecular formula is C32H35N2S+. The van der Waals surface area contributed by atoms with Crippen molar-refractivity contribution < 1.29 is 4.57 Å². The highest BCUT2D eigenvalue weighted by Crippen LogP contribution is 2.41. The molecule has 2 heterocycles. The number of fused-ring (bicyclic) bond motifs is 2. The van der Waals surface area contributed by atoms with Crippen molar-refractivity contribution in [3.63, 3.8) is 0 Å². The van der Waals surface area contributed by atoms with Crippen molar-refractivity contribution in [3.05, 3.63) is 83.6 Å². The Morgan fingerprint density at radius 2 is 1.46 bits per heavy atom. The lowest BCUT2D eigenvalue weighted by atomic mass is 9.80. The lowest BCUT2D eigenvalue weighted by Gasteiger charge is -2.23. The van der Waals surface area contributed by atoms with E-state index >= 15 is 0 Å². The highest BCUT2D eigenvalue weighted by molar-refractivity contribution is 7.22. The second-order valence-electron chi connectivity index (χ2n) is 11.7. The van der Waals surface area contributed by atoms with Gasteiger partial charge >= 0.3 is 0 Å². The first-order valence-electron chi connectivity index (χ1n) is 12.4. The molecule has 5 aromatic rings. The highest BCUT2D eigenvalue weighted by atomic mass is 32.1. The normalized spacial score (nSPS) is 12.6. The summed E-state index contributed by atoms with van der Waals surface area (Å²) in [5.41, 5.74) is 9.01. The Morgan fingerprint density at radius 1 is 0.800 bits per heavy atom. The van der Waals surface area contributed by atoms with E-state index in [0.29, 0.717) is 0 Å². The second kappa shape index (κ2) is 8.27. The zero-order valence-corrected chi connectivity index (χ0v) is 23.0. The number of thiazole rings is 1. The van der Waals surface area contributed by atoms with Crippen molar-refractivity contribution in [2.75, 3.05) is 0 Å². The Bertz CT molecular complexity index is 1560. The number of rotatable bonds is 2. The van der Waals surface area contributed by atoms with E-state index in [4.69, 9.17) is 4.98 Å². The number of hydrogen-bond donors (Lipinski definition) is 0. The molecule has 0 aliphatic carbocycles. The van der Waals surface area contributed by atoms with Gasteiger partial charge in [0.1, 0.15) is 16.8 Å². The Labute approximate surface area is 213 Å². The van der Waals surface area contributed by atoms with E-state index in [9.17, 15) is 0 Å². The summed E-state index contributed by atoms with van der Waals surface area (Å²) in [6.07, 6.45) is 2.15. The van der Waals surface area contributed by atoms with Gasteiger partial charge in [-0.1, -0.05) is 90.1 Å². The van der Waals surface area contributed by atoms with Crippen LogP contribution >= 0.6 is 11.3 Å². The van der Waals surface area contributed by atoms with Crippen LogP contribution in [0.25, 0.3) is 42.8 Å². The fourth-order valence-electron chi connectivity index (χ4n) is 4.97. The van der Waals surface area contributed by atoms with E-state index in [-0.39, 0.29) is 10.8 Å². The van der Waals surface area contributed by atoms with Gasteiger partial charge < -0.3 is 0 Å². The van der Waals surface area contributed by atoms with Gasteiger partial charge in [-0.05, 0) is 51.3 Å². The first kappa shape index (κ1) is 23.7. The Balaban J connectivity index is 1.74. The maximum Gasteiger partial charge on any atom is 0.232 e. The molecule has 0 saturated carbocycles. The van der Waals surface area contributed by atoms with Crippen LogP contribution in [-0.2, 0) is 17.9 Å². The molecule has 2 aromatic heterocycles. The number of aryl methyl sites for hydroxylation is 2. The first-order valence-corrected chi connectivity index (χ1v) is 13.2. The topological polar surface area (TPSA) is 16.8 Å². The molecule has 0 unspecified atom stereocenters. The average molecular weight is 480 g/mol. The standard InChI is InChI=1S/C32H35N2S/c1-20-23-11-9-10-12-24(23)26(32(5,6)7)19-25(20)28-29-27(17-18-34(28)8)33-30(35-29)21-13-15-22(16-14-21)31(2,3)4/h9-19H,1-8H3/q+1. The van der Waals surface area contributed by atoms with Gasteiger partial charge in [0, 0.05) is 11.6 Å². The van der Waals surface area contributed by atoms with E-state index in [1.54, 1.807) is 11.3 Å². The molecule has 0 bridgehead atoms. The number of benzene rings is 3. The molecule has 35 heavy (non-hydrogen) atoms. The lowest BCUT2D eigenvalue weighted by Crippen LogP contribution is -2.30. The van der Waals surface area contributed by atoms with Crippen LogP contribution in [0.3, 0.4) is 0 Å². The molecule has 3 aromatic carbocycles. The Kier molecular flexibility index (Phi) is 5.60. The van der Waals surface area contributed by atoms with Crippen molar-refractivity contribution in [2.24, 2.45) is 7.05 Å². The first-order chi connectivity index (χ1) is 16.4. The molecule has 0 spiro atoms. The molecule has 5 rings (SSSR count). The summed E-state index contributed by atoms with van der Waals surface area (Å²) in [7, 11) is 2.15. The largest absolute Gasteiger partial charge is 0.236 e. The minimum absolute atomic E-state index is 0.0438. The van der Waals surface area contributed by atoms with Crippen LogP contribution in [0, 0.1) is 6.92 Å². The molecule has 2 nitrogen and oxygen atoms in total. The van der Waals surface area contributed by atoms with E-state index in [1.165, 1.54) is 49.0 Å². The summed E-state index contributed by atoms with van der Waals surface area (Å²) in [6, 6.07) is 22.3. The van der Waals surface area contributed by atoms with Gasteiger partial charge in [-0.2, -0.15) is 4.57 Å². The van der Waals surface area contributed by atoms with E-state index < -0.39 is 0 Å². The predicted octanol–water partition coefficient (Wildman–Crippen LogP) is 8.51. The zero-order valence-electron chi connectivity index (χ0n) is 22.2. The number of pyridine rings is 1. The van der Waals surface area contributed by atoms with Gasteiger partial charge in [0.15, 0.2) is 6.20 Å². The monoisotopic (exact) mass is 479 g/mol. The summed E-state index contributed by atoms with van der Waals surface area (Å²) in [4.78, 5) is 5.07. The molecule has 0 saturated heterocycles. The minimum Gasteiger partial charge on any atom is -0.236 e.